The van der Waals surface area contributed by atoms with Crippen LogP contribution in [0.2, 0.25) is 5.02 Å². The summed E-state index contributed by atoms with van der Waals surface area (Å²) < 4.78 is 0. The Balaban J connectivity index is 2.44. The van der Waals surface area contributed by atoms with Crippen LogP contribution in [0.15, 0.2) is 18.2 Å². The molecule has 0 bridgehead atoms. The third-order valence-corrected chi connectivity index (χ3v) is 3.18. The molecule has 0 aliphatic rings. The molecule has 0 spiro atoms. The van der Waals surface area contributed by atoms with Gasteiger partial charge in [-0.3, -0.25) is 4.79 Å². The third-order valence-electron chi connectivity index (χ3n) is 2.95. The lowest BCUT2D eigenvalue weighted by atomic mass is 9.89. The third kappa shape index (κ3) is 5.09. The van der Waals surface area contributed by atoms with Crippen molar-refractivity contribution in [3.05, 3.63) is 28.8 Å². The number of nitrogens with one attached hydrogen (secondary N) is 1. The van der Waals surface area contributed by atoms with E-state index in [0.717, 1.165) is 12.8 Å². The fourth-order valence-electron chi connectivity index (χ4n) is 1.64. The number of benzene rings is 1. The number of rotatable bonds is 6. The Bertz CT molecular complexity index is 446. The minimum Gasteiger partial charge on any atom is -0.507 e. The number of hydrogen-bond acceptors (Lipinski definition) is 3. The summed E-state index contributed by atoms with van der Waals surface area (Å²) in [5, 5.41) is 21.8. The Morgan fingerprint density at radius 2 is 2.11 bits per heavy atom. The van der Waals surface area contributed by atoms with E-state index in [-0.39, 0.29) is 29.2 Å². The molecule has 0 heterocycles. The molecular weight excluding hydrogens is 266 g/mol. The van der Waals surface area contributed by atoms with Gasteiger partial charge in [0.2, 0.25) is 0 Å². The minimum atomic E-state index is -0.323. The second-order valence-electron chi connectivity index (χ2n) is 5.34. The van der Waals surface area contributed by atoms with E-state index in [1.807, 2.05) is 13.8 Å². The molecule has 19 heavy (non-hydrogen) atoms. The Labute approximate surface area is 118 Å². The molecule has 3 N–H and O–H groups in total. The van der Waals surface area contributed by atoms with Crippen molar-refractivity contribution >= 4 is 17.5 Å². The van der Waals surface area contributed by atoms with E-state index < -0.39 is 0 Å². The molecule has 1 amide bonds. The SMILES string of the molecule is CC(C)(CO)CCCNC(=O)c1ccc(Cl)cc1O. The second kappa shape index (κ2) is 6.78. The molecule has 0 aliphatic carbocycles. The largest absolute Gasteiger partial charge is 0.507 e. The van der Waals surface area contributed by atoms with Gasteiger partial charge in [0, 0.05) is 18.2 Å². The first-order chi connectivity index (χ1) is 8.85. The van der Waals surface area contributed by atoms with Crippen LogP contribution in [0.25, 0.3) is 0 Å². The van der Waals surface area contributed by atoms with Gasteiger partial charge in [-0.05, 0) is 36.5 Å². The number of hydrogen-bond donors (Lipinski definition) is 3. The highest BCUT2D eigenvalue weighted by atomic mass is 35.5. The number of phenols is 1. The molecule has 1 aromatic rings. The molecule has 0 radical (unpaired) electrons. The summed E-state index contributed by atoms with van der Waals surface area (Å²) in [6.45, 7) is 4.57. The first kappa shape index (κ1) is 15.8. The van der Waals surface area contributed by atoms with Crippen LogP contribution in [0.4, 0.5) is 0 Å². The molecule has 0 aliphatic heterocycles. The maximum atomic E-state index is 11.8. The summed E-state index contributed by atoms with van der Waals surface area (Å²) >= 11 is 5.70. The van der Waals surface area contributed by atoms with Crippen molar-refractivity contribution in [1.29, 1.82) is 0 Å². The topological polar surface area (TPSA) is 69.6 Å². The van der Waals surface area contributed by atoms with Crippen LogP contribution in [0, 0.1) is 5.41 Å². The molecule has 1 aromatic carbocycles. The Morgan fingerprint density at radius 1 is 1.42 bits per heavy atom. The number of halogens is 1. The molecule has 106 valence electrons. The summed E-state index contributed by atoms with van der Waals surface area (Å²) in [5.74, 6) is -0.448. The van der Waals surface area contributed by atoms with Crippen molar-refractivity contribution in [1.82, 2.24) is 5.32 Å². The monoisotopic (exact) mass is 285 g/mol. The maximum Gasteiger partial charge on any atom is 0.255 e. The number of amides is 1. The van der Waals surface area contributed by atoms with Crippen LogP contribution in [-0.4, -0.2) is 29.3 Å². The molecule has 5 heteroatoms. The molecule has 4 nitrogen and oxygen atoms in total. The fraction of sp³-hybridized carbons (Fsp3) is 0.500. The Hall–Kier alpha value is -1.26. The van der Waals surface area contributed by atoms with Crippen molar-refractivity contribution in [2.24, 2.45) is 5.41 Å². The van der Waals surface area contributed by atoms with Gasteiger partial charge in [0.15, 0.2) is 0 Å². The lowest BCUT2D eigenvalue weighted by Gasteiger charge is -2.21. The van der Waals surface area contributed by atoms with Crippen LogP contribution in [0.5, 0.6) is 5.75 Å². The van der Waals surface area contributed by atoms with Gasteiger partial charge < -0.3 is 15.5 Å². The number of aliphatic hydroxyl groups excluding tert-OH is 1. The van der Waals surface area contributed by atoms with E-state index >= 15 is 0 Å². The highest BCUT2D eigenvalue weighted by Crippen LogP contribution is 2.22. The normalized spacial score (nSPS) is 11.4. The van der Waals surface area contributed by atoms with E-state index in [1.165, 1.54) is 12.1 Å². The summed E-state index contributed by atoms with van der Waals surface area (Å²) in [5.41, 5.74) is 0.0819. The molecular formula is C14H20ClNO3. The standard InChI is InChI=1S/C14H20ClNO3/c1-14(2,9-17)6-3-7-16-13(19)11-5-4-10(15)8-12(11)18/h4-5,8,17-18H,3,6-7,9H2,1-2H3,(H,16,19). The van der Waals surface area contributed by atoms with Gasteiger partial charge in [0.1, 0.15) is 5.75 Å². The van der Waals surface area contributed by atoms with Crippen molar-refractivity contribution in [2.45, 2.75) is 26.7 Å². The lowest BCUT2D eigenvalue weighted by Crippen LogP contribution is -2.26. The average Bonchev–Trinajstić information content (AvgIpc) is 2.34. The number of aliphatic hydroxyl groups is 1. The summed E-state index contributed by atoms with van der Waals surface area (Å²) in [6, 6.07) is 4.39. The zero-order valence-electron chi connectivity index (χ0n) is 11.2. The maximum absolute atomic E-state index is 11.8. The fourth-order valence-corrected chi connectivity index (χ4v) is 1.81. The van der Waals surface area contributed by atoms with Crippen LogP contribution in [0.3, 0.4) is 0 Å². The quantitative estimate of drug-likeness (QED) is 0.704. The molecule has 0 saturated carbocycles. The van der Waals surface area contributed by atoms with Gasteiger partial charge in [-0.2, -0.15) is 0 Å². The van der Waals surface area contributed by atoms with Crippen LogP contribution >= 0.6 is 11.6 Å². The van der Waals surface area contributed by atoms with Gasteiger partial charge in [-0.15, -0.1) is 0 Å². The van der Waals surface area contributed by atoms with E-state index in [4.69, 9.17) is 16.7 Å². The van der Waals surface area contributed by atoms with Crippen molar-refractivity contribution in [3.63, 3.8) is 0 Å². The summed E-state index contributed by atoms with van der Waals surface area (Å²) in [7, 11) is 0. The number of aromatic hydroxyl groups is 1. The first-order valence-corrected chi connectivity index (χ1v) is 6.61. The Morgan fingerprint density at radius 3 is 2.68 bits per heavy atom. The van der Waals surface area contributed by atoms with Crippen molar-refractivity contribution < 1.29 is 15.0 Å². The van der Waals surface area contributed by atoms with E-state index in [0.29, 0.717) is 11.6 Å². The smallest absolute Gasteiger partial charge is 0.255 e. The number of phenolic OH excluding ortho intramolecular Hbond substituents is 1. The molecule has 0 fully saturated rings. The van der Waals surface area contributed by atoms with Crippen LogP contribution in [0.1, 0.15) is 37.0 Å². The summed E-state index contributed by atoms with van der Waals surface area (Å²) in [4.78, 5) is 11.8. The highest BCUT2D eigenvalue weighted by Gasteiger charge is 2.16. The highest BCUT2D eigenvalue weighted by molar-refractivity contribution is 6.30. The van der Waals surface area contributed by atoms with E-state index in [1.54, 1.807) is 6.07 Å². The zero-order chi connectivity index (χ0) is 14.5. The predicted molar refractivity (Wildman–Crippen MR) is 75.6 cm³/mol. The number of carbonyl (C=O) groups excluding carboxylic acids is 1. The van der Waals surface area contributed by atoms with Gasteiger partial charge in [0.05, 0.1) is 5.56 Å². The molecule has 0 atom stereocenters. The van der Waals surface area contributed by atoms with Crippen LogP contribution < -0.4 is 5.32 Å². The molecule has 0 aromatic heterocycles. The summed E-state index contributed by atoms with van der Waals surface area (Å²) in [6.07, 6.45) is 1.59. The first-order valence-electron chi connectivity index (χ1n) is 6.23. The van der Waals surface area contributed by atoms with Crippen LogP contribution in [-0.2, 0) is 0 Å². The van der Waals surface area contributed by atoms with Gasteiger partial charge >= 0.3 is 0 Å². The van der Waals surface area contributed by atoms with Gasteiger partial charge in [0.25, 0.3) is 5.91 Å². The zero-order valence-corrected chi connectivity index (χ0v) is 12.0. The molecule has 0 unspecified atom stereocenters. The lowest BCUT2D eigenvalue weighted by molar-refractivity contribution is 0.0946. The van der Waals surface area contributed by atoms with Crippen molar-refractivity contribution in [2.75, 3.05) is 13.2 Å². The van der Waals surface area contributed by atoms with Gasteiger partial charge in [-0.25, -0.2) is 0 Å². The second-order valence-corrected chi connectivity index (χ2v) is 5.78. The molecule has 0 saturated heterocycles. The van der Waals surface area contributed by atoms with Gasteiger partial charge in [-0.1, -0.05) is 25.4 Å². The Kier molecular flexibility index (Phi) is 5.63. The van der Waals surface area contributed by atoms with E-state index in [2.05, 4.69) is 5.32 Å². The minimum absolute atomic E-state index is 0.124. The van der Waals surface area contributed by atoms with E-state index in [9.17, 15) is 9.90 Å². The predicted octanol–water partition coefficient (Wildman–Crippen LogP) is 2.57. The molecule has 1 rings (SSSR count). The number of carbonyl (C=O) groups is 1. The van der Waals surface area contributed by atoms with Crippen molar-refractivity contribution in [3.8, 4) is 5.75 Å². The average molecular weight is 286 g/mol.